The lowest BCUT2D eigenvalue weighted by Gasteiger charge is -2.15. The summed E-state index contributed by atoms with van der Waals surface area (Å²) in [6.07, 6.45) is 0.686. The maximum absolute atomic E-state index is 12.2. The molecule has 3 N–H and O–H groups in total. The minimum absolute atomic E-state index is 0.0198. The van der Waals surface area contributed by atoms with Crippen molar-refractivity contribution < 1.29 is 4.79 Å². The summed E-state index contributed by atoms with van der Waals surface area (Å²) in [4.78, 5) is 12.2. The second kappa shape index (κ2) is 7.01. The lowest BCUT2D eigenvalue weighted by molar-refractivity contribution is -0.119. The van der Waals surface area contributed by atoms with Crippen molar-refractivity contribution in [3.05, 3.63) is 60.2 Å². The van der Waals surface area contributed by atoms with Crippen LogP contribution in [0.5, 0.6) is 0 Å². The Kier molecular flexibility index (Phi) is 5.07. The average molecular weight is 286 g/mol. The molecule has 4 heteroatoms. The van der Waals surface area contributed by atoms with Gasteiger partial charge in [0.1, 0.15) is 0 Å². The highest BCUT2D eigenvalue weighted by Crippen LogP contribution is 2.15. The summed E-state index contributed by atoms with van der Waals surface area (Å²) in [5.41, 5.74) is 8.19. The molecule has 0 aliphatic heterocycles. The van der Waals surface area contributed by atoms with Gasteiger partial charge in [0.25, 0.3) is 0 Å². The molecule has 0 saturated heterocycles. The zero-order chi connectivity index (χ0) is 14.4. The van der Waals surface area contributed by atoms with Crippen molar-refractivity contribution in [3.8, 4) is 0 Å². The van der Waals surface area contributed by atoms with E-state index in [4.69, 9.17) is 5.73 Å². The monoisotopic (exact) mass is 286 g/mol. The van der Waals surface area contributed by atoms with Gasteiger partial charge in [0, 0.05) is 17.1 Å². The molecule has 0 aromatic heterocycles. The van der Waals surface area contributed by atoms with Crippen LogP contribution in [0.15, 0.2) is 54.6 Å². The number of carbonyl (C=O) groups excluding carboxylic acids is 1. The first-order chi connectivity index (χ1) is 9.69. The third-order valence-corrected chi connectivity index (χ3v) is 3.54. The van der Waals surface area contributed by atoms with E-state index in [0.717, 1.165) is 11.3 Å². The first kappa shape index (κ1) is 14.5. The van der Waals surface area contributed by atoms with Crippen LogP contribution in [0.4, 0.5) is 11.4 Å². The van der Waals surface area contributed by atoms with Gasteiger partial charge in [-0.05, 0) is 36.2 Å². The van der Waals surface area contributed by atoms with Crippen LogP contribution in [0, 0.1) is 5.92 Å². The van der Waals surface area contributed by atoms with Gasteiger partial charge >= 0.3 is 0 Å². The molecule has 104 valence electrons. The van der Waals surface area contributed by atoms with Crippen molar-refractivity contribution in [1.82, 2.24) is 0 Å². The smallest absolute Gasteiger partial charge is 0.228 e. The van der Waals surface area contributed by atoms with E-state index in [1.807, 2.05) is 30.3 Å². The van der Waals surface area contributed by atoms with Crippen molar-refractivity contribution in [2.24, 2.45) is 5.92 Å². The highest BCUT2D eigenvalue weighted by Gasteiger charge is 2.17. The van der Waals surface area contributed by atoms with Crippen molar-refractivity contribution in [2.45, 2.75) is 6.42 Å². The van der Waals surface area contributed by atoms with E-state index in [9.17, 15) is 4.79 Å². The van der Waals surface area contributed by atoms with E-state index in [-0.39, 0.29) is 11.8 Å². The zero-order valence-electron chi connectivity index (χ0n) is 11.1. The predicted octanol–water partition coefficient (Wildman–Crippen LogP) is 3.00. The standard InChI is InChI=1S/C16H18N2OS/c17-14-6-8-15(9-7-14)18-16(19)13(11-20)10-12-4-2-1-3-5-12/h1-9,13,20H,10-11,17H2,(H,18,19). The van der Waals surface area contributed by atoms with Crippen LogP contribution in [-0.2, 0) is 11.2 Å². The number of anilines is 2. The summed E-state index contributed by atoms with van der Waals surface area (Å²) in [6.45, 7) is 0. The molecule has 1 atom stereocenters. The Morgan fingerprint density at radius 1 is 1.10 bits per heavy atom. The fourth-order valence-corrected chi connectivity index (χ4v) is 2.24. The molecule has 0 spiro atoms. The first-order valence-electron chi connectivity index (χ1n) is 6.50. The summed E-state index contributed by atoms with van der Waals surface area (Å²) in [7, 11) is 0. The molecule has 2 aromatic carbocycles. The first-order valence-corrected chi connectivity index (χ1v) is 7.13. The summed E-state index contributed by atoms with van der Waals surface area (Å²) in [5, 5.41) is 2.90. The molecule has 2 aromatic rings. The number of benzene rings is 2. The summed E-state index contributed by atoms with van der Waals surface area (Å²) >= 11 is 4.29. The molecular weight excluding hydrogens is 268 g/mol. The normalized spacial score (nSPS) is 11.8. The Balaban J connectivity index is 2.00. The number of nitrogen functional groups attached to an aromatic ring is 1. The van der Waals surface area contributed by atoms with Gasteiger partial charge in [-0.3, -0.25) is 4.79 Å². The predicted molar refractivity (Wildman–Crippen MR) is 87.0 cm³/mol. The van der Waals surface area contributed by atoms with Gasteiger partial charge in [0.15, 0.2) is 0 Å². The van der Waals surface area contributed by atoms with Crippen LogP contribution in [0.25, 0.3) is 0 Å². The van der Waals surface area contributed by atoms with Crippen molar-refractivity contribution >= 4 is 29.9 Å². The van der Waals surface area contributed by atoms with Gasteiger partial charge < -0.3 is 11.1 Å². The number of carbonyl (C=O) groups is 1. The molecule has 0 saturated carbocycles. The Morgan fingerprint density at radius 3 is 2.35 bits per heavy atom. The minimum Gasteiger partial charge on any atom is -0.399 e. The molecule has 1 amide bonds. The van der Waals surface area contributed by atoms with E-state index in [1.165, 1.54) is 0 Å². The number of nitrogens with one attached hydrogen (secondary N) is 1. The second-order valence-corrected chi connectivity index (χ2v) is 5.05. The van der Waals surface area contributed by atoms with Gasteiger partial charge in [-0.25, -0.2) is 0 Å². The molecule has 0 aliphatic carbocycles. The maximum Gasteiger partial charge on any atom is 0.228 e. The fraction of sp³-hybridized carbons (Fsp3) is 0.188. The van der Waals surface area contributed by atoms with Crippen LogP contribution in [0.3, 0.4) is 0 Å². The largest absolute Gasteiger partial charge is 0.399 e. The highest BCUT2D eigenvalue weighted by atomic mass is 32.1. The Labute approximate surface area is 124 Å². The van der Waals surface area contributed by atoms with E-state index in [1.54, 1.807) is 24.3 Å². The topological polar surface area (TPSA) is 55.1 Å². The highest BCUT2D eigenvalue weighted by molar-refractivity contribution is 7.80. The molecule has 20 heavy (non-hydrogen) atoms. The Bertz CT molecular complexity index is 554. The lowest BCUT2D eigenvalue weighted by atomic mass is 10.00. The van der Waals surface area contributed by atoms with Crippen LogP contribution in [0.2, 0.25) is 0 Å². The molecule has 0 fully saturated rings. The number of hydrogen-bond donors (Lipinski definition) is 3. The average Bonchev–Trinajstić information content (AvgIpc) is 2.48. The number of nitrogens with two attached hydrogens (primary N) is 1. The summed E-state index contributed by atoms with van der Waals surface area (Å²) in [5.74, 6) is 0.335. The van der Waals surface area contributed by atoms with Gasteiger partial charge in [-0.2, -0.15) is 12.6 Å². The van der Waals surface area contributed by atoms with Crippen LogP contribution >= 0.6 is 12.6 Å². The molecule has 1 unspecified atom stereocenters. The van der Waals surface area contributed by atoms with E-state index >= 15 is 0 Å². The van der Waals surface area contributed by atoms with Gasteiger partial charge in [0.2, 0.25) is 5.91 Å². The number of rotatable bonds is 5. The van der Waals surface area contributed by atoms with Gasteiger partial charge in [0.05, 0.1) is 5.92 Å². The molecule has 0 bridgehead atoms. The quantitative estimate of drug-likeness (QED) is 0.584. The third-order valence-electron chi connectivity index (χ3n) is 3.09. The lowest BCUT2D eigenvalue weighted by Crippen LogP contribution is -2.26. The minimum atomic E-state index is -0.154. The number of hydrogen-bond acceptors (Lipinski definition) is 3. The van der Waals surface area contributed by atoms with E-state index < -0.39 is 0 Å². The number of thiol groups is 1. The van der Waals surface area contributed by atoms with Crippen molar-refractivity contribution in [3.63, 3.8) is 0 Å². The van der Waals surface area contributed by atoms with Crippen LogP contribution in [-0.4, -0.2) is 11.7 Å². The molecule has 2 rings (SSSR count). The molecule has 0 radical (unpaired) electrons. The maximum atomic E-state index is 12.2. The Hall–Kier alpha value is -1.94. The zero-order valence-corrected chi connectivity index (χ0v) is 12.0. The summed E-state index contributed by atoms with van der Waals surface area (Å²) in [6, 6.07) is 17.1. The van der Waals surface area contributed by atoms with Gasteiger partial charge in [-0.1, -0.05) is 30.3 Å². The second-order valence-electron chi connectivity index (χ2n) is 4.68. The summed E-state index contributed by atoms with van der Waals surface area (Å²) < 4.78 is 0. The number of amides is 1. The van der Waals surface area contributed by atoms with Crippen molar-refractivity contribution in [2.75, 3.05) is 16.8 Å². The van der Waals surface area contributed by atoms with Gasteiger partial charge in [-0.15, -0.1) is 0 Å². The van der Waals surface area contributed by atoms with E-state index in [0.29, 0.717) is 17.9 Å². The van der Waals surface area contributed by atoms with Crippen LogP contribution < -0.4 is 11.1 Å². The third kappa shape index (κ3) is 4.03. The van der Waals surface area contributed by atoms with Crippen molar-refractivity contribution in [1.29, 1.82) is 0 Å². The van der Waals surface area contributed by atoms with E-state index in [2.05, 4.69) is 17.9 Å². The van der Waals surface area contributed by atoms with Crippen LogP contribution in [0.1, 0.15) is 5.56 Å². The molecule has 3 nitrogen and oxygen atoms in total. The fourth-order valence-electron chi connectivity index (χ4n) is 1.95. The SMILES string of the molecule is Nc1ccc(NC(=O)C(CS)Cc2ccccc2)cc1. The molecule has 0 aliphatic rings. The Morgan fingerprint density at radius 2 is 1.75 bits per heavy atom. The molecular formula is C16H18N2OS. The molecule has 0 heterocycles.